The third-order valence-electron chi connectivity index (χ3n) is 2.36. The zero-order chi connectivity index (χ0) is 11.8. The lowest BCUT2D eigenvalue weighted by atomic mass is 10.3. The zero-order valence-electron chi connectivity index (χ0n) is 8.93. The van der Waals surface area contributed by atoms with Crippen molar-refractivity contribution < 1.29 is 13.2 Å². The van der Waals surface area contributed by atoms with Gasteiger partial charge in [0, 0.05) is 12.7 Å². The molecule has 0 heterocycles. The summed E-state index contributed by atoms with van der Waals surface area (Å²) < 4.78 is 28.3. The molecule has 0 atom stereocenters. The van der Waals surface area contributed by atoms with Gasteiger partial charge in [0.05, 0.1) is 6.10 Å². The molecule has 0 saturated heterocycles. The highest BCUT2D eigenvalue weighted by Crippen LogP contribution is 2.32. The first kappa shape index (κ1) is 11.2. The van der Waals surface area contributed by atoms with Gasteiger partial charge in [-0.25, -0.2) is 13.6 Å². The summed E-state index contributed by atoms with van der Waals surface area (Å²) in [5.74, 6) is 0.337. The fourth-order valence-corrected chi connectivity index (χ4v) is 2.04. The van der Waals surface area contributed by atoms with Crippen molar-refractivity contribution in [1.29, 1.82) is 0 Å². The van der Waals surface area contributed by atoms with E-state index in [0.717, 1.165) is 12.8 Å². The summed E-state index contributed by atoms with van der Waals surface area (Å²) in [6.07, 6.45) is 2.08. The van der Waals surface area contributed by atoms with Crippen LogP contribution in [0.15, 0.2) is 23.1 Å². The predicted molar refractivity (Wildman–Crippen MR) is 61.0 cm³/mol. The SMILES string of the molecule is CNc1ccc(OC2CC2)c(S(N)(=O)=O)c1. The van der Waals surface area contributed by atoms with E-state index in [-0.39, 0.29) is 11.0 Å². The molecule has 5 nitrogen and oxygen atoms in total. The summed E-state index contributed by atoms with van der Waals surface area (Å²) in [5, 5.41) is 8.00. The Labute approximate surface area is 94.6 Å². The van der Waals surface area contributed by atoms with Gasteiger partial charge in [-0.2, -0.15) is 0 Å². The first-order valence-electron chi connectivity index (χ1n) is 5.02. The number of hydrogen-bond acceptors (Lipinski definition) is 4. The maximum atomic E-state index is 11.4. The molecule has 16 heavy (non-hydrogen) atoms. The van der Waals surface area contributed by atoms with Gasteiger partial charge in [0.2, 0.25) is 10.0 Å². The molecule has 0 amide bonds. The Morgan fingerprint density at radius 1 is 1.44 bits per heavy atom. The molecular weight excluding hydrogens is 228 g/mol. The summed E-state index contributed by atoms with van der Waals surface area (Å²) in [6.45, 7) is 0. The van der Waals surface area contributed by atoms with Crippen molar-refractivity contribution in [2.45, 2.75) is 23.8 Å². The number of sulfonamides is 1. The molecule has 1 aliphatic rings. The molecule has 88 valence electrons. The van der Waals surface area contributed by atoms with Crippen molar-refractivity contribution in [3.63, 3.8) is 0 Å². The second-order valence-corrected chi connectivity index (χ2v) is 5.30. The van der Waals surface area contributed by atoms with Crippen molar-refractivity contribution in [2.75, 3.05) is 12.4 Å². The van der Waals surface area contributed by atoms with Crippen LogP contribution in [0.5, 0.6) is 5.75 Å². The number of nitrogens with two attached hydrogens (primary N) is 1. The van der Waals surface area contributed by atoms with Crippen molar-refractivity contribution in [3.8, 4) is 5.75 Å². The lowest BCUT2D eigenvalue weighted by molar-refractivity contribution is 0.295. The Bertz CT molecular complexity index is 495. The number of ether oxygens (including phenoxy) is 1. The average Bonchev–Trinajstić information content (AvgIpc) is 3.01. The molecule has 1 fully saturated rings. The molecule has 2 rings (SSSR count). The van der Waals surface area contributed by atoms with Crippen LogP contribution in [0.3, 0.4) is 0 Å². The maximum Gasteiger partial charge on any atom is 0.241 e. The third-order valence-corrected chi connectivity index (χ3v) is 3.29. The van der Waals surface area contributed by atoms with Crippen LogP contribution in [0, 0.1) is 0 Å². The Morgan fingerprint density at radius 2 is 2.12 bits per heavy atom. The number of rotatable bonds is 4. The minimum absolute atomic E-state index is 0.0336. The van der Waals surface area contributed by atoms with Gasteiger partial charge in [-0.05, 0) is 31.0 Å². The minimum Gasteiger partial charge on any atom is -0.489 e. The van der Waals surface area contributed by atoms with E-state index in [2.05, 4.69) is 5.32 Å². The molecule has 6 heteroatoms. The maximum absolute atomic E-state index is 11.4. The molecule has 0 spiro atoms. The number of benzene rings is 1. The quantitative estimate of drug-likeness (QED) is 0.822. The van der Waals surface area contributed by atoms with Crippen molar-refractivity contribution in [3.05, 3.63) is 18.2 Å². The molecule has 1 saturated carbocycles. The Hall–Kier alpha value is -1.27. The van der Waals surface area contributed by atoms with Gasteiger partial charge in [0.25, 0.3) is 0 Å². The number of hydrogen-bond donors (Lipinski definition) is 2. The molecular formula is C10H14N2O3S. The molecule has 0 radical (unpaired) electrons. The van der Waals surface area contributed by atoms with Gasteiger partial charge < -0.3 is 10.1 Å². The Kier molecular flexibility index (Phi) is 2.77. The second kappa shape index (κ2) is 3.95. The first-order chi connectivity index (χ1) is 7.50. The van der Waals surface area contributed by atoms with Gasteiger partial charge >= 0.3 is 0 Å². The van der Waals surface area contributed by atoms with Crippen LogP contribution in [-0.4, -0.2) is 21.6 Å². The fourth-order valence-electron chi connectivity index (χ4n) is 1.35. The van der Waals surface area contributed by atoms with E-state index in [9.17, 15) is 8.42 Å². The monoisotopic (exact) mass is 242 g/mol. The standard InChI is InChI=1S/C10H14N2O3S/c1-12-7-2-5-9(15-8-3-4-8)10(6-7)16(11,13)14/h2,5-6,8,12H,3-4H2,1H3,(H2,11,13,14). The van der Waals surface area contributed by atoms with Gasteiger partial charge in [-0.1, -0.05) is 0 Å². The highest BCUT2D eigenvalue weighted by atomic mass is 32.2. The number of anilines is 1. The van der Waals surface area contributed by atoms with Crippen LogP contribution in [0.25, 0.3) is 0 Å². The number of primary sulfonamides is 1. The van der Waals surface area contributed by atoms with Gasteiger partial charge in [-0.3, -0.25) is 0 Å². The molecule has 1 aromatic rings. The summed E-state index contributed by atoms with van der Waals surface area (Å²) in [4.78, 5) is 0.0336. The highest BCUT2D eigenvalue weighted by Gasteiger charge is 2.26. The molecule has 0 bridgehead atoms. The number of nitrogens with one attached hydrogen (secondary N) is 1. The Balaban J connectivity index is 2.42. The second-order valence-electron chi connectivity index (χ2n) is 3.77. The molecule has 0 unspecified atom stereocenters. The Morgan fingerprint density at radius 3 is 2.62 bits per heavy atom. The lowest BCUT2D eigenvalue weighted by Crippen LogP contribution is -2.14. The van der Waals surface area contributed by atoms with Crippen LogP contribution in [-0.2, 0) is 10.0 Å². The molecule has 1 aliphatic carbocycles. The highest BCUT2D eigenvalue weighted by molar-refractivity contribution is 7.89. The van der Waals surface area contributed by atoms with E-state index in [1.807, 2.05) is 0 Å². The van der Waals surface area contributed by atoms with Crippen molar-refractivity contribution in [1.82, 2.24) is 0 Å². The summed E-state index contributed by atoms with van der Waals surface area (Å²) >= 11 is 0. The largest absolute Gasteiger partial charge is 0.489 e. The van der Waals surface area contributed by atoms with E-state index in [4.69, 9.17) is 9.88 Å². The predicted octanol–water partition coefficient (Wildman–Crippen LogP) is 0.917. The van der Waals surface area contributed by atoms with Gasteiger partial charge in [0.1, 0.15) is 10.6 Å². The van der Waals surface area contributed by atoms with Crippen molar-refractivity contribution >= 4 is 15.7 Å². The third kappa shape index (κ3) is 2.45. The van der Waals surface area contributed by atoms with Crippen LogP contribution < -0.4 is 15.2 Å². The van der Waals surface area contributed by atoms with Crippen LogP contribution in [0.2, 0.25) is 0 Å². The van der Waals surface area contributed by atoms with E-state index in [1.54, 1.807) is 19.2 Å². The first-order valence-corrected chi connectivity index (χ1v) is 6.56. The van der Waals surface area contributed by atoms with Crippen LogP contribution >= 0.6 is 0 Å². The summed E-state index contributed by atoms with van der Waals surface area (Å²) in [7, 11) is -2.04. The smallest absolute Gasteiger partial charge is 0.241 e. The molecule has 0 aliphatic heterocycles. The summed E-state index contributed by atoms with van der Waals surface area (Å²) in [6, 6.07) is 4.86. The molecule has 0 aromatic heterocycles. The van der Waals surface area contributed by atoms with Gasteiger partial charge in [0.15, 0.2) is 0 Å². The molecule has 1 aromatic carbocycles. The normalized spacial score (nSPS) is 15.9. The summed E-state index contributed by atoms with van der Waals surface area (Å²) in [5.41, 5.74) is 0.687. The van der Waals surface area contributed by atoms with E-state index in [0.29, 0.717) is 11.4 Å². The topological polar surface area (TPSA) is 81.4 Å². The lowest BCUT2D eigenvalue weighted by Gasteiger charge is -2.11. The fraction of sp³-hybridized carbons (Fsp3) is 0.400. The van der Waals surface area contributed by atoms with Crippen LogP contribution in [0.4, 0.5) is 5.69 Å². The molecule has 3 N–H and O–H groups in total. The van der Waals surface area contributed by atoms with E-state index in [1.165, 1.54) is 6.07 Å². The van der Waals surface area contributed by atoms with Crippen molar-refractivity contribution in [2.24, 2.45) is 5.14 Å². The minimum atomic E-state index is -3.75. The van der Waals surface area contributed by atoms with E-state index < -0.39 is 10.0 Å². The zero-order valence-corrected chi connectivity index (χ0v) is 9.75. The average molecular weight is 242 g/mol. The van der Waals surface area contributed by atoms with Crippen LogP contribution in [0.1, 0.15) is 12.8 Å². The van der Waals surface area contributed by atoms with Gasteiger partial charge in [-0.15, -0.1) is 0 Å². The van der Waals surface area contributed by atoms with E-state index >= 15 is 0 Å².